The van der Waals surface area contributed by atoms with E-state index in [9.17, 15) is 18.0 Å². The van der Waals surface area contributed by atoms with Crippen molar-refractivity contribution in [2.45, 2.75) is 64.0 Å². The first-order valence-corrected chi connectivity index (χ1v) is 18.9. The van der Waals surface area contributed by atoms with Crippen molar-refractivity contribution >= 4 is 33.9 Å². The largest absolute Gasteiger partial charge is 0.490 e. The lowest BCUT2D eigenvalue weighted by Crippen LogP contribution is -2.36. The number of alkyl halides is 3. The molecule has 4 aromatic heterocycles. The molecule has 0 spiro atoms. The Labute approximate surface area is 331 Å². The van der Waals surface area contributed by atoms with Crippen molar-refractivity contribution in [3.63, 3.8) is 0 Å². The minimum Gasteiger partial charge on any atom is -0.475 e. The van der Waals surface area contributed by atoms with Crippen molar-refractivity contribution in [1.82, 2.24) is 55.0 Å². The van der Waals surface area contributed by atoms with E-state index in [0.29, 0.717) is 30.3 Å². The van der Waals surface area contributed by atoms with Crippen LogP contribution < -0.4 is 5.32 Å². The number of likely N-dealkylation sites (tertiary alicyclic amines) is 1. The van der Waals surface area contributed by atoms with E-state index in [2.05, 4.69) is 46.8 Å². The number of hydrogen-bond acceptors (Lipinski definition) is 13. The summed E-state index contributed by atoms with van der Waals surface area (Å²) in [5, 5.41) is 30.1. The number of halogens is 3. The summed E-state index contributed by atoms with van der Waals surface area (Å²) in [6.07, 6.45) is -0.407. The van der Waals surface area contributed by atoms with Gasteiger partial charge in [-0.25, -0.2) is 9.59 Å². The summed E-state index contributed by atoms with van der Waals surface area (Å²) in [7, 11) is 3.16. The second kappa shape index (κ2) is 18.6. The molecule has 0 saturated carbocycles. The average Bonchev–Trinajstić information content (AvgIpc) is 4.05. The number of carboxylic acid groups (broad SMARTS) is 1. The van der Waals surface area contributed by atoms with Gasteiger partial charge in [-0.3, -0.25) is 0 Å². The number of nitrogens with one attached hydrogen (secondary N) is 1. The molecule has 2 aromatic carbocycles. The number of nitrogens with zero attached hydrogens (tertiary/aromatic N) is 10. The van der Waals surface area contributed by atoms with Gasteiger partial charge in [-0.2, -0.15) is 42.7 Å². The highest BCUT2D eigenvalue weighted by Gasteiger charge is 2.38. The molecule has 310 valence electrons. The van der Waals surface area contributed by atoms with Gasteiger partial charge in [0, 0.05) is 36.2 Å². The summed E-state index contributed by atoms with van der Waals surface area (Å²) < 4.78 is 51.0. The van der Waals surface area contributed by atoms with E-state index in [1.54, 1.807) is 21.3 Å². The summed E-state index contributed by atoms with van der Waals surface area (Å²) in [5.74, 6) is 0.289. The lowest BCUT2D eigenvalue weighted by molar-refractivity contribution is -0.192. The van der Waals surface area contributed by atoms with E-state index in [0.717, 1.165) is 104 Å². The molecular weight excluding hydrogens is 763 g/mol. The third-order valence-corrected chi connectivity index (χ3v) is 10.1. The highest BCUT2D eigenvalue weighted by Crippen LogP contribution is 2.29. The van der Waals surface area contributed by atoms with Crippen LogP contribution in [0.15, 0.2) is 57.6 Å². The smallest absolute Gasteiger partial charge is 0.475 e. The number of carbonyl (C=O) groups excluding carboxylic acids is 1. The average molecular weight is 810 g/mol. The number of carbonyl (C=O) groups is 2. The summed E-state index contributed by atoms with van der Waals surface area (Å²) in [6.45, 7) is 9.60. The van der Waals surface area contributed by atoms with Crippen LogP contribution in [-0.2, 0) is 9.53 Å². The molecule has 0 atom stereocenters. The first-order chi connectivity index (χ1) is 27.8. The molecule has 0 bridgehead atoms. The number of methoxy groups -OCH3 is 1. The molecule has 58 heavy (non-hydrogen) atoms. The van der Waals surface area contributed by atoms with Gasteiger partial charge in [-0.15, -0.1) is 0 Å². The Balaban J connectivity index is 0.000000175. The van der Waals surface area contributed by atoms with Crippen molar-refractivity contribution in [3.05, 3.63) is 71.7 Å². The zero-order valence-corrected chi connectivity index (χ0v) is 32.6. The van der Waals surface area contributed by atoms with Gasteiger partial charge in [-0.05, 0) is 101 Å². The minimum atomic E-state index is -5.08. The molecular formula is C38H46F3N11O6. The monoisotopic (exact) mass is 809 g/mol. The normalized spacial score (nSPS) is 15.4. The lowest BCUT2D eigenvalue weighted by Gasteiger charge is -2.30. The number of amides is 1. The van der Waals surface area contributed by atoms with Crippen LogP contribution in [0.3, 0.4) is 0 Å². The summed E-state index contributed by atoms with van der Waals surface area (Å²) in [5.41, 5.74) is 3.91. The van der Waals surface area contributed by atoms with Gasteiger partial charge in [0.1, 0.15) is 0 Å². The first kappa shape index (κ1) is 41.7. The van der Waals surface area contributed by atoms with Gasteiger partial charge in [0.2, 0.25) is 11.8 Å². The lowest BCUT2D eigenvalue weighted by atomic mass is 9.97. The number of aryl methyl sites for hydroxylation is 2. The van der Waals surface area contributed by atoms with E-state index in [1.807, 2.05) is 56.3 Å². The van der Waals surface area contributed by atoms with Crippen molar-refractivity contribution in [2.75, 3.05) is 53.4 Å². The molecule has 6 aromatic rings. The van der Waals surface area contributed by atoms with Gasteiger partial charge in [0.05, 0.1) is 29.5 Å². The molecule has 0 aliphatic carbocycles. The van der Waals surface area contributed by atoms with E-state index >= 15 is 0 Å². The Bertz CT molecular complexity index is 2290. The first-order valence-electron chi connectivity index (χ1n) is 18.9. The van der Waals surface area contributed by atoms with Crippen LogP contribution in [0.25, 0.3) is 33.7 Å². The molecule has 2 aliphatic heterocycles. The number of para-hydroxylation sites is 2. The summed E-state index contributed by atoms with van der Waals surface area (Å²) >= 11 is 0. The molecule has 0 radical (unpaired) electrons. The summed E-state index contributed by atoms with van der Waals surface area (Å²) in [4.78, 5) is 33.6. The van der Waals surface area contributed by atoms with E-state index in [4.69, 9.17) is 23.7 Å². The molecule has 6 heterocycles. The van der Waals surface area contributed by atoms with Crippen molar-refractivity contribution in [2.24, 2.45) is 0 Å². The standard InChI is InChI=1S/C21H28N6O3.C15H17N5O.C2HF3O2/c1-15-17-7-4-5-8-18(17)27(23-15)20-22-19(30-24-20)16-9-13-26(14-10-16)12-6-11-25(2)21(28)29-3;1-10-12-4-2-3-5-13(12)20(18-10)15-17-14(21-19-15)11-6-8-16-9-7-11;3-2(4,5)1(6)7/h4-5,7-8,16H,6,9-14H2,1-3H3;2-5,11,16H,6-9H2,1H3;(H,6,7). The third kappa shape index (κ3) is 9.97. The topological polar surface area (TPSA) is 196 Å². The molecule has 0 unspecified atom stereocenters. The Hall–Kier alpha value is -5.89. The van der Waals surface area contributed by atoms with Crippen LogP contribution in [0, 0.1) is 13.8 Å². The number of piperidine rings is 2. The van der Waals surface area contributed by atoms with E-state index in [-0.39, 0.29) is 12.0 Å². The van der Waals surface area contributed by atoms with Crippen LogP contribution in [0.2, 0.25) is 0 Å². The van der Waals surface area contributed by atoms with Gasteiger partial charge in [0.15, 0.2) is 0 Å². The maximum absolute atomic E-state index is 11.4. The second-order valence-corrected chi connectivity index (χ2v) is 14.1. The van der Waals surface area contributed by atoms with Crippen LogP contribution in [0.1, 0.15) is 67.1 Å². The second-order valence-electron chi connectivity index (χ2n) is 14.1. The Morgan fingerprint density at radius 3 is 1.78 bits per heavy atom. The van der Waals surface area contributed by atoms with E-state index in [1.165, 1.54) is 7.11 Å². The molecule has 2 N–H and O–H groups in total. The van der Waals surface area contributed by atoms with Gasteiger partial charge < -0.3 is 34.0 Å². The molecule has 1 amide bonds. The van der Waals surface area contributed by atoms with Crippen molar-refractivity contribution in [1.29, 1.82) is 0 Å². The number of fused-ring (bicyclic) bond motifs is 2. The van der Waals surface area contributed by atoms with Crippen LogP contribution in [0.4, 0.5) is 18.0 Å². The highest BCUT2D eigenvalue weighted by atomic mass is 19.4. The Morgan fingerprint density at radius 1 is 0.845 bits per heavy atom. The van der Waals surface area contributed by atoms with Gasteiger partial charge in [-0.1, -0.05) is 36.4 Å². The third-order valence-electron chi connectivity index (χ3n) is 10.1. The molecule has 8 rings (SSSR count). The maximum atomic E-state index is 11.4. The van der Waals surface area contributed by atoms with Crippen molar-refractivity contribution < 1.29 is 41.6 Å². The number of ether oxygens (including phenoxy) is 1. The fourth-order valence-electron chi connectivity index (χ4n) is 6.96. The highest BCUT2D eigenvalue weighted by molar-refractivity contribution is 5.83. The number of hydrogen-bond donors (Lipinski definition) is 2. The fraction of sp³-hybridized carbons (Fsp3) is 0.474. The number of aromatic nitrogens is 8. The number of carboxylic acids is 1. The van der Waals surface area contributed by atoms with Crippen LogP contribution in [0.5, 0.6) is 0 Å². The number of rotatable bonds is 8. The molecule has 2 aliphatic rings. The van der Waals surface area contributed by atoms with Crippen LogP contribution >= 0.6 is 0 Å². The SMILES string of the molecule is COC(=O)N(C)CCCN1CCC(c2nc(-n3nc(C)c4ccccc43)no2)CC1.Cc1nn(-c2noc(C3CCNCC3)n2)c2ccccc12.O=C(O)C(F)(F)F. The fourth-order valence-corrected chi connectivity index (χ4v) is 6.96. The Kier molecular flexibility index (Phi) is 13.4. The number of benzene rings is 2. The minimum absolute atomic E-state index is 0.267. The van der Waals surface area contributed by atoms with Crippen LogP contribution in [-0.4, -0.2) is 126 Å². The van der Waals surface area contributed by atoms with Gasteiger partial charge >= 0.3 is 18.2 Å². The molecule has 20 heteroatoms. The van der Waals surface area contributed by atoms with E-state index < -0.39 is 12.1 Å². The predicted molar refractivity (Wildman–Crippen MR) is 204 cm³/mol. The number of aliphatic carboxylic acids is 1. The zero-order valence-electron chi connectivity index (χ0n) is 32.6. The maximum Gasteiger partial charge on any atom is 0.490 e. The molecule has 2 fully saturated rings. The predicted octanol–water partition coefficient (Wildman–Crippen LogP) is 5.80. The zero-order chi connectivity index (χ0) is 41.4. The quantitative estimate of drug-likeness (QED) is 0.187. The molecule has 2 saturated heterocycles. The molecule has 17 nitrogen and oxygen atoms in total. The Morgan fingerprint density at radius 2 is 1.31 bits per heavy atom. The van der Waals surface area contributed by atoms with Crippen molar-refractivity contribution in [3.8, 4) is 11.9 Å². The van der Waals surface area contributed by atoms with Gasteiger partial charge in [0.25, 0.3) is 11.9 Å². The summed E-state index contributed by atoms with van der Waals surface area (Å²) in [6, 6.07) is 16.1.